The fourth-order valence-electron chi connectivity index (χ4n) is 5.40. The van der Waals surface area contributed by atoms with Gasteiger partial charge in [-0.2, -0.15) is 24.9 Å². The summed E-state index contributed by atoms with van der Waals surface area (Å²) in [7, 11) is 0. The summed E-state index contributed by atoms with van der Waals surface area (Å²) in [6.07, 6.45) is -2.37. The molecule has 172 valence electrons. The smallest absolute Gasteiger partial charge is 0.324 e. The van der Waals surface area contributed by atoms with Crippen molar-refractivity contribution in [2.45, 2.75) is 24.2 Å². The van der Waals surface area contributed by atoms with Crippen LogP contribution in [0.2, 0.25) is 0 Å². The van der Waals surface area contributed by atoms with E-state index in [4.69, 9.17) is 0 Å². The fraction of sp³-hybridized carbons (Fsp3) is 0.348. The molecule has 0 aliphatic carbocycles. The van der Waals surface area contributed by atoms with Crippen LogP contribution < -0.4 is 15.5 Å². The van der Waals surface area contributed by atoms with Gasteiger partial charge in [0, 0.05) is 17.3 Å². The van der Waals surface area contributed by atoms with Crippen molar-refractivity contribution >= 4 is 40.9 Å². The van der Waals surface area contributed by atoms with Crippen molar-refractivity contribution < 1.29 is 27.6 Å². The molecule has 4 unspecified atom stereocenters. The lowest BCUT2D eigenvalue weighted by atomic mass is 9.76. The molecule has 0 radical (unpaired) electrons. The average Bonchev–Trinajstić information content (AvgIpc) is 3.36. The van der Waals surface area contributed by atoms with E-state index in [0.29, 0.717) is 28.3 Å². The summed E-state index contributed by atoms with van der Waals surface area (Å²) < 4.78 is 41.1. The van der Waals surface area contributed by atoms with E-state index < -0.39 is 58.6 Å². The van der Waals surface area contributed by atoms with Crippen LogP contribution in [0.15, 0.2) is 48.5 Å². The number of alkyl halides is 3. The second-order valence-electron chi connectivity index (χ2n) is 8.37. The summed E-state index contributed by atoms with van der Waals surface area (Å²) in [6.45, 7) is 0. The number of carbonyl (C=O) groups excluding carboxylic acids is 3. The Hall–Kier alpha value is -2.85. The number of carbonyl (C=O) groups is 3. The first-order chi connectivity index (χ1) is 15.7. The van der Waals surface area contributed by atoms with Crippen LogP contribution in [0.1, 0.15) is 17.5 Å². The Morgan fingerprint density at radius 2 is 1.73 bits per heavy atom. The Morgan fingerprint density at radius 3 is 2.45 bits per heavy atom. The van der Waals surface area contributed by atoms with Gasteiger partial charge in [-0.3, -0.25) is 19.7 Å². The summed E-state index contributed by atoms with van der Waals surface area (Å²) in [5.74, 6) is -3.44. The van der Waals surface area contributed by atoms with Gasteiger partial charge in [-0.1, -0.05) is 30.3 Å². The van der Waals surface area contributed by atoms with Gasteiger partial charge in [0.05, 0.1) is 23.1 Å². The molecule has 3 amide bonds. The van der Waals surface area contributed by atoms with Crippen LogP contribution >= 0.6 is 11.8 Å². The number of rotatable bonds is 4. The topological polar surface area (TPSA) is 78.5 Å². The lowest BCUT2D eigenvalue weighted by Gasteiger charge is -2.30. The molecule has 0 bridgehead atoms. The number of amides is 3. The number of nitrogens with one attached hydrogen (secondary N) is 2. The molecule has 5 rings (SSSR count). The molecule has 0 aromatic heterocycles. The second-order valence-corrected chi connectivity index (χ2v) is 9.36. The summed E-state index contributed by atoms with van der Waals surface area (Å²) >= 11 is 1.55. The summed E-state index contributed by atoms with van der Waals surface area (Å²) in [4.78, 5) is 41.2. The molecular weight excluding hydrogens is 455 g/mol. The summed E-state index contributed by atoms with van der Waals surface area (Å²) in [6, 6.07) is 10.9. The van der Waals surface area contributed by atoms with Gasteiger partial charge in [-0.15, -0.1) is 0 Å². The molecular formula is C23H20F3N3O3S. The third-order valence-corrected chi connectivity index (χ3v) is 7.35. The van der Waals surface area contributed by atoms with E-state index >= 15 is 0 Å². The summed E-state index contributed by atoms with van der Waals surface area (Å²) in [5, 5.41) is 6.05. The standard InChI is InChI=1S/C23H20F3N3O3S/c1-33-11-10-15-17-18(22(28-15)12-6-2-4-8-14(12)27-21(22)32)20(31)29(19(17)30)16-9-5-3-7-13(16)23(24,25)26/h2-9,15,17-18,28H,10-11H2,1H3,(H,27,32). The first-order valence-corrected chi connectivity index (χ1v) is 11.8. The number of nitrogens with zero attached hydrogens (tertiary/aromatic N) is 1. The van der Waals surface area contributed by atoms with Crippen LogP contribution in [0.5, 0.6) is 0 Å². The quantitative estimate of drug-likeness (QED) is 0.663. The van der Waals surface area contributed by atoms with E-state index in [9.17, 15) is 27.6 Å². The van der Waals surface area contributed by atoms with Gasteiger partial charge < -0.3 is 5.32 Å². The number of anilines is 2. The van der Waals surface area contributed by atoms with Crippen molar-refractivity contribution in [3.63, 3.8) is 0 Å². The molecule has 6 nitrogen and oxygen atoms in total. The van der Waals surface area contributed by atoms with Crippen molar-refractivity contribution in [3.05, 3.63) is 59.7 Å². The van der Waals surface area contributed by atoms with E-state index in [0.717, 1.165) is 12.1 Å². The number of para-hydroxylation sites is 2. The zero-order chi connectivity index (χ0) is 23.5. The Morgan fingerprint density at radius 1 is 1.03 bits per heavy atom. The van der Waals surface area contributed by atoms with E-state index in [2.05, 4.69) is 10.6 Å². The van der Waals surface area contributed by atoms with E-state index in [1.807, 2.05) is 6.26 Å². The van der Waals surface area contributed by atoms with Gasteiger partial charge in [-0.25, -0.2) is 4.90 Å². The van der Waals surface area contributed by atoms with Crippen molar-refractivity contribution in [2.24, 2.45) is 11.8 Å². The maximum absolute atomic E-state index is 13.7. The van der Waals surface area contributed by atoms with Gasteiger partial charge in [0.1, 0.15) is 5.54 Å². The van der Waals surface area contributed by atoms with Crippen LogP contribution in [-0.4, -0.2) is 35.8 Å². The zero-order valence-electron chi connectivity index (χ0n) is 17.5. The Kier molecular flexibility index (Phi) is 5.06. The van der Waals surface area contributed by atoms with Crippen LogP contribution in [0.4, 0.5) is 24.5 Å². The third-order valence-electron chi connectivity index (χ3n) is 6.71. The molecule has 3 aliphatic rings. The van der Waals surface area contributed by atoms with Gasteiger partial charge in [0.15, 0.2) is 0 Å². The van der Waals surface area contributed by atoms with Crippen molar-refractivity contribution in [3.8, 4) is 0 Å². The summed E-state index contributed by atoms with van der Waals surface area (Å²) in [5.41, 5.74) is -2.03. The number of hydrogen-bond donors (Lipinski definition) is 2. The predicted octanol–water partition coefficient (Wildman–Crippen LogP) is 3.38. The maximum Gasteiger partial charge on any atom is 0.418 e. The zero-order valence-corrected chi connectivity index (χ0v) is 18.3. The fourth-order valence-corrected chi connectivity index (χ4v) is 5.89. The van der Waals surface area contributed by atoms with Crippen molar-refractivity contribution in [1.82, 2.24) is 5.32 Å². The highest BCUT2D eigenvalue weighted by atomic mass is 32.2. The van der Waals surface area contributed by atoms with Crippen molar-refractivity contribution in [2.75, 3.05) is 22.2 Å². The molecule has 1 spiro atoms. The Balaban J connectivity index is 1.67. The Bertz CT molecular complexity index is 1170. The minimum absolute atomic E-state index is 0.475. The van der Waals surface area contributed by atoms with E-state index in [1.54, 1.807) is 36.0 Å². The van der Waals surface area contributed by atoms with Gasteiger partial charge in [-0.05, 0) is 36.6 Å². The van der Waals surface area contributed by atoms with Gasteiger partial charge in [0.25, 0.3) is 0 Å². The van der Waals surface area contributed by atoms with Crippen LogP contribution in [-0.2, 0) is 26.1 Å². The van der Waals surface area contributed by atoms with E-state index in [-0.39, 0.29) is 0 Å². The number of halogens is 3. The molecule has 10 heteroatoms. The highest BCUT2D eigenvalue weighted by Crippen LogP contribution is 2.54. The minimum atomic E-state index is -4.75. The number of imide groups is 1. The number of hydrogen-bond acceptors (Lipinski definition) is 5. The second kappa shape index (κ2) is 7.59. The molecule has 4 atom stereocenters. The maximum atomic E-state index is 13.7. The normalized spacial score (nSPS) is 28.4. The number of thioether (sulfide) groups is 1. The average molecular weight is 475 g/mol. The minimum Gasteiger partial charge on any atom is -0.324 e. The van der Waals surface area contributed by atoms with Gasteiger partial charge >= 0.3 is 6.18 Å². The monoisotopic (exact) mass is 475 g/mol. The lowest BCUT2D eigenvalue weighted by molar-refractivity contribution is -0.137. The van der Waals surface area contributed by atoms with Gasteiger partial charge in [0.2, 0.25) is 17.7 Å². The van der Waals surface area contributed by atoms with Crippen molar-refractivity contribution in [1.29, 1.82) is 0 Å². The molecule has 2 N–H and O–H groups in total. The molecule has 2 aromatic carbocycles. The van der Waals surface area contributed by atoms with Crippen LogP contribution in [0.3, 0.4) is 0 Å². The lowest BCUT2D eigenvalue weighted by Crippen LogP contribution is -2.53. The molecule has 3 heterocycles. The highest BCUT2D eigenvalue weighted by molar-refractivity contribution is 7.98. The molecule has 2 saturated heterocycles. The molecule has 2 fully saturated rings. The Labute approximate surface area is 191 Å². The number of benzene rings is 2. The highest BCUT2D eigenvalue weighted by Gasteiger charge is 2.70. The largest absolute Gasteiger partial charge is 0.418 e. The van der Waals surface area contributed by atoms with Crippen LogP contribution in [0, 0.1) is 11.8 Å². The first-order valence-electron chi connectivity index (χ1n) is 10.4. The SMILES string of the molecule is CSCCC1NC2(C(=O)Nc3ccccc32)C2C(=O)N(c3ccccc3C(F)(F)F)C(=O)C12. The predicted molar refractivity (Wildman–Crippen MR) is 118 cm³/mol. The van der Waals surface area contributed by atoms with Crippen LogP contribution in [0.25, 0.3) is 0 Å². The molecule has 0 saturated carbocycles. The number of fused-ring (bicyclic) bond motifs is 4. The molecule has 33 heavy (non-hydrogen) atoms. The first kappa shape index (κ1) is 22.0. The molecule has 2 aromatic rings. The van der Waals surface area contributed by atoms with E-state index in [1.165, 1.54) is 12.1 Å². The molecule has 3 aliphatic heterocycles. The third kappa shape index (κ3) is 3.03.